The Balaban J connectivity index is 1.99. The van der Waals surface area contributed by atoms with Crippen LogP contribution in [0.5, 0.6) is 5.75 Å². The van der Waals surface area contributed by atoms with Crippen molar-refractivity contribution in [2.24, 2.45) is 11.7 Å². The molecule has 1 aliphatic heterocycles. The Morgan fingerprint density at radius 1 is 1.31 bits per heavy atom. The number of hydrogen-bond donors (Lipinski definition) is 1. The molecule has 1 heterocycles. The summed E-state index contributed by atoms with van der Waals surface area (Å²) in [4.78, 5) is 25.9. The first-order valence-corrected chi connectivity index (χ1v) is 9.37. The minimum Gasteiger partial charge on any atom is -0.483 e. The van der Waals surface area contributed by atoms with E-state index in [0.29, 0.717) is 24.8 Å². The molecule has 26 heavy (non-hydrogen) atoms. The van der Waals surface area contributed by atoms with Gasteiger partial charge in [0, 0.05) is 13.1 Å². The Kier molecular flexibility index (Phi) is 7.45. The normalized spacial score (nSPS) is 20.2. The highest BCUT2D eigenvalue weighted by atomic mass is 16.5. The Hall–Kier alpha value is -2.08. The Bertz CT molecular complexity index is 618. The second-order valence-corrected chi connectivity index (χ2v) is 7.13. The lowest BCUT2D eigenvalue weighted by molar-refractivity contribution is -0.151. The molecule has 0 spiro atoms. The molecule has 0 bridgehead atoms. The van der Waals surface area contributed by atoms with Crippen LogP contribution in [0, 0.1) is 5.92 Å². The summed E-state index contributed by atoms with van der Waals surface area (Å²) in [5, 5.41) is 0. The molecule has 0 radical (unpaired) electrons. The van der Waals surface area contributed by atoms with Gasteiger partial charge in [0.25, 0.3) is 11.8 Å². The van der Waals surface area contributed by atoms with Crippen LogP contribution in [0.2, 0.25) is 0 Å². The van der Waals surface area contributed by atoms with Gasteiger partial charge >= 0.3 is 0 Å². The van der Waals surface area contributed by atoms with Crippen molar-refractivity contribution < 1.29 is 19.1 Å². The van der Waals surface area contributed by atoms with Crippen LogP contribution < -0.4 is 10.5 Å². The molecule has 6 heteroatoms. The molecular formula is C20H30N2O4. The van der Waals surface area contributed by atoms with Gasteiger partial charge in [0.2, 0.25) is 0 Å². The molecule has 1 aromatic carbocycles. The predicted octanol–water partition coefficient (Wildman–Crippen LogP) is 2.61. The molecule has 0 unspecified atom stereocenters. The third-order valence-electron chi connectivity index (χ3n) is 4.67. The van der Waals surface area contributed by atoms with Crippen LogP contribution in [0.3, 0.4) is 0 Å². The second-order valence-electron chi connectivity index (χ2n) is 7.13. The zero-order chi connectivity index (χ0) is 19.1. The van der Waals surface area contributed by atoms with E-state index in [9.17, 15) is 9.59 Å². The minimum absolute atomic E-state index is 0.0347. The average molecular weight is 362 g/mol. The zero-order valence-corrected chi connectivity index (χ0v) is 15.9. The van der Waals surface area contributed by atoms with Crippen molar-refractivity contribution >= 4 is 11.8 Å². The van der Waals surface area contributed by atoms with Crippen LogP contribution in [0.25, 0.3) is 0 Å². The van der Waals surface area contributed by atoms with Gasteiger partial charge in [0.05, 0.1) is 17.8 Å². The second kappa shape index (κ2) is 9.57. The summed E-state index contributed by atoms with van der Waals surface area (Å²) in [6.45, 7) is 7.40. The molecule has 1 aromatic rings. The standard InChI is InChI=1S/C20H30N2O4/c1-4-5-8-15-11-22(12-18(26-15)14(2)3)19(23)13-25-17-10-7-6-9-16(17)20(21)24/h6-7,9-10,14-15,18H,4-5,8,11-13H2,1-3H3,(H2,21,24)/t15-,18-/m1/s1. The fourth-order valence-corrected chi connectivity index (χ4v) is 3.06. The van der Waals surface area contributed by atoms with Gasteiger partial charge in [-0.05, 0) is 24.5 Å². The molecule has 0 saturated carbocycles. The van der Waals surface area contributed by atoms with Crippen molar-refractivity contribution in [1.82, 2.24) is 4.90 Å². The summed E-state index contributed by atoms with van der Waals surface area (Å²) in [6.07, 6.45) is 3.24. The van der Waals surface area contributed by atoms with Crippen molar-refractivity contribution in [2.75, 3.05) is 19.7 Å². The van der Waals surface area contributed by atoms with Gasteiger partial charge < -0.3 is 20.1 Å². The van der Waals surface area contributed by atoms with Crippen molar-refractivity contribution in [3.05, 3.63) is 29.8 Å². The number of para-hydroxylation sites is 1. The first kappa shape index (κ1) is 20.2. The fraction of sp³-hybridized carbons (Fsp3) is 0.600. The van der Waals surface area contributed by atoms with Crippen LogP contribution in [-0.4, -0.2) is 48.6 Å². The van der Waals surface area contributed by atoms with E-state index in [1.165, 1.54) is 0 Å². The Morgan fingerprint density at radius 3 is 2.69 bits per heavy atom. The van der Waals surface area contributed by atoms with Crippen molar-refractivity contribution in [3.8, 4) is 5.75 Å². The number of primary amides is 1. The van der Waals surface area contributed by atoms with Gasteiger partial charge in [-0.1, -0.05) is 45.7 Å². The maximum Gasteiger partial charge on any atom is 0.260 e. The highest BCUT2D eigenvalue weighted by Crippen LogP contribution is 2.22. The Morgan fingerprint density at radius 2 is 2.04 bits per heavy atom. The van der Waals surface area contributed by atoms with E-state index in [2.05, 4.69) is 20.8 Å². The molecule has 1 fully saturated rings. The molecule has 2 N–H and O–H groups in total. The third-order valence-corrected chi connectivity index (χ3v) is 4.67. The zero-order valence-electron chi connectivity index (χ0n) is 15.9. The monoisotopic (exact) mass is 362 g/mol. The average Bonchev–Trinajstić information content (AvgIpc) is 2.64. The molecule has 1 saturated heterocycles. The molecule has 0 aromatic heterocycles. The van der Waals surface area contributed by atoms with E-state index in [1.54, 1.807) is 24.3 Å². The molecule has 1 aliphatic rings. The number of hydrogen-bond acceptors (Lipinski definition) is 4. The van der Waals surface area contributed by atoms with Gasteiger partial charge in [-0.3, -0.25) is 9.59 Å². The number of nitrogens with two attached hydrogens (primary N) is 1. The summed E-state index contributed by atoms with van der Waals surface area (Å²) >= 11 is 0. The summed E-state index contributed by atoms with van der Waals surface area (Å²) < 4.78 is 11.7. The highest BCUT2D eigenvalue weighted by molar-refractivity contribution is 5.95. The molecule has 0 aliphatic carbocycles. The minimum atomic E-state index is -0.570. The van der Waals surface area contributed by atoms with Gasteiger partial charge in [-0.2, -0.15) is 0 Å². The summed E-state index contributed by atoms with van der Waals surface area (Å²) in [5.74, 6) is 0.00873. The fourth-order valence-electron chi connectivity index (χ4n) is 3.06. The van der Waals surface area contributed by atoms with Gasteiger partial charge in [0.15, 0.2) is 6.61 Å². The maximum atomic E-state index is 12.7. The first-order chi connectivity index (χ1) is 12.4. The smallest absolute Gasteiger partial charge is 0.260 e. The number of carbonyl (C=O) groups excluding carboxylic acids is 2. The van der Waals surface area contributed by atoms with E-state index in [1.807, 2.05) is 4.90 Å². The molecule has 6 nitrogen and oxygen atoms in total. The number of morpholine rings is 1. The number of ether oxygens (including phenoxy) is 2. The molecule has 2 amide bonds. The van der Waals surface area contributed by atoms with Crippen LogP contribution in [0.4, 0.5) is 0 Å². The number of unbranched alkanes of at least 4 members (excludes halogenated alkanes) is 1. The van der Waals surface area contributed by atoms with E-state index in [0.717, 1.165) is 19.3 Å². The number of amides is 2. The molecule has 144 valence electrons. The summed E-state index contributed by atoms with van der Waals surface area (Å²) in [5.41, 5.74) is 5.63. The van der Waals surface area contributed by atoms with Crippen molar-refractivity contribution in [3.63, 3.8) is 0 Å². The molecule has 2 rings (SSSR count). The largest absolute Gasteiger partial charge is 0.483 e. The van der Waals surface area contributed by atoms with E-state index >= 15 is 0 Å². The third kappa shape index (κ3) is 5.46. The molecular weight excluding hydrogens is 332 g/mol. The highest BCUT2D eigenvalue weighted by Gasteiger charge is 2.32. The van der Waals surface area contributed by atoms with Gasteiger partial charge in [-0.15, -0.1) is 0 Å². The summed E-state index contributed by atoms with van der Waals surface area (Å²) in [6, 6.07) is 6.69. The number of rotatable bonds is 8. The van der Waals surface area contributed by atoms with E-state index in [4.69, 9.17) is 15.2 Å². The lowest BCUT2D eigenvalue weighted by Gasteiger charge is -2.40. The number of benzene rings is 1. The van der Waals surface area contributed by atoms with Crippen molar-refractivity contribution in [1.29, 1.82) is 0 Å². The lowest BCUT2D eigenvalue weighted by Crippen LogP contribution is -2.52. The van der Waals surface area contributed by atoms with Gasteiger partial charge in [-0.25, -0.2) is 0 Å². The van der Waals surface area contributed by atoms with Gasteiger partial charge in [0.1, 0.15) is 5.75 Å². The van der Waals surface area contributed by atoms with Crippen molar-refractivity contribution in [2.45, 2.75) is 52.2 Å². The predicted molar refractivity (Wildman–Crippen MR) is 100 cm³/mol. The Labute approximate surface area is 155 Å². The van der Waals surface area contributed by atoms with Crippen LogP contribution >= 0.6 is 0 Å². The van der Waals surface area contributed by atoms with E-state index in [-0.39, 0.29) is 30.3 Å². The SMILES string of the molecule is CCCC[C@@H]1CN(C(=O)COc2ccccc2C(N)=O)C[C@H](C(C)C)O1. The topological polar surface area (TPSA) is 81.9 Å². The first-order valence-electron chi connectivity index (χ1n) is 9.37. The van der Waals surface area contributed by atoms with Crippen LogP contribution in [0.1, 0.15) is 50.4 Å². The maximum absolute atomic E-state index is 12.7. The number of nitrogens with zero attached hydrogens (tertiary/aromatic N) is 1. The lowest BCUT2D eigenvalue weighted by atomic mass is 10.0. The van der Waals surface area contributed by atoms with Crippen LogP contribution in [0.15, 0.2) is 24.3 Å². The summed E-state index contributed by atoms with van der Waals surface area (Å²) in [7, 11) is 0. The van der Waals surface area contributed by atoms with Crippen LogP contribution in [-0.2, 0) is 9.53 Å². The quantitative estimate of drug-likeness (QED) is 0.771. The van der Waals surface area contributed by atoms with E-state index < -0.39 is 5.91 Å². The number of carbonyl (C=O) groups is 2. The molecule has 2 atom stereocenters.